The second kappa shape index (κ2) is 6.96. The maximum atomic E-state index is 13.5. The fraction of sp³-hybridized carbons (Fsp3) is 0.125. The van der Waals surface area contributed by atoms with Crippen LogP contribution >= 0.6 is 0 Å². The molecule has 0 heterocycles. The van der Waals surface area contributed by atoms with Crippen LogP contribution in [0.2, 0.25) is 0 Å². The molecule has 0 unspecified atom stereocenters. The van der Waals surface area contributed by atoms with Gasteiger partial charge in [0.15, 0.2) is 21.5 Å². The summed E-state index contributed by atoms with van der Waals surface area (Å²) in [5.74, 6) is -3.65. The Bertz CT molecular complexity index is 896. The minimum atomic E-state index is -3.77. The van der Waals surface area contributed by atoms with Gasteiger partial charge >= 0.3 is 0 Å². The van der Waals surface area contributed by atoms with Crippen molar-refractivity contribution in [2.75, 3.05) is 12.8 Å². The van der Waals surface area contributed by atoms with Gasteiger partial charge < -0.3 is 10.5 Å². The van der Waals surface area contributed by atoms with Gasteiger partial charge in [0.1, 0.15) is 11.6 Å². The van der Waals surface area contributed by atoms with E-state index in [1.807, 2.05) is 0 Å². The molecule has 0 aliphatic rings. The fourth-order valence-electron chi connectivity index (χ4n) is 2.00. The summed E-state index contributed by atoms with van der Waals surface area (Å²) in [5.41, 5.74) is 6.02. The molecule has 0 aliphatic carbocycles. The third-order valence-electron chi connectivity index (χ3n) is 3.16. The predicted molar refractivity (Wildman–Crippen MR) is 85.4 cm³/mol. The Hall–Kier alpha value is -2.48. The smallest absolute Gasteiger partial charge is 0.175 e. The van der Waals surface area contributed by atoms with E-state index in [4.69, 9.17) is 10.5 Å². The number of benzene rings is 2. The van der Waals surface area contributed by atoms with Crippen molar-refractivity contribution in [2.24, 2.45) is 0 Å². The van der Waals surface area contributed by atoms with Gasteiger partial charge in [0.05, 0.1) is 18.6 Å². The van der Waals surface area contributed by atoms with Gasteiger partial charge in [-0.05, 0) is 29.8 Å². The number of sulfone groups is 1. The van der Waals surface area contributed by atoms with Crippen molar-refractivity contribution in [1.82, 2.24) is 0 Å². The van der Waals surface area contributed by atoms with E-state index >= 15 is 0 Å². The number of anilines is 1. The highest BCUT2D eigenvalue weighted by atomic mass is 32.2. The molecule has 128 valence electrons. The number of methoxy groups -OCH3 is 1. The first kappa shape index (κ1) is 17.9. The Balaban J connectivity index is 2.22. The predicted octanol–water partition coefficient (Wildman–Crippen LogP) is 3.28. The first-order valence-electron chi connectivity index (χ1n) is 6.69. The third kappa shape index (κ3) is 4.29. The van der Waals surface area contributed by atoms with Crippen LogP contribution in [0.15, 0.2) is 35.7 Å². The van der Waals surface area contributed by atoms with Crippen molar-refractivity contribution in [1.29, 1.82) is 0 Å². The maximum absolute atomic E-state index is 13.5. The third-order valence-corrected chi connectivity index (χ3v) is 4.44. The average Bonchev–Trinajstić information content (AvgIpc) is 2.49. The molecule has 0 amide bonds. The zero-order valence-corrected chi connectivity index (χ0v) is 13.4. The SMILES string of the molecule is COc1ccc(CS(=O)(=O)/C=C/c2cc(F)c(F)cc2F)cc1N. The molecule has 24 heavy (non-hydrogen) atoms. The molecule has 8 heteroatoms. The Morgan fingerprint density at radius 2 is 1.75 bits per heavy atom. The summed E-state index contributed by atoms with van der Waals surface area (Å²) in [4.78, 5) is 0. The van der Waals surface area contributed by atoms with Gasteiger partial charge in [-0.3, -0.25) is 0 Å². The maximum Gasteiger partial charge on any atom is 0.175 e. The molecule has 0 bridgehead atoms. The van der Waals surface area contributed by atoms with Crippen molar-refractivity contribution in [2.45, 2.75) is 5.75 Å². The van der Waals surface area contributed by atoms with E-state index in [2.05, 4.69) is 0 Å². The van der Waals surface area contributed by atoms with E-state index in [1.54, 1.807) is 0 Å². The molecule has 0 saturated carbocycles. The number of nitrogen functional groups attached to an aromatic ring is 1. The molecule has 2 N–H and O–H groups in total. The Kier molecular flexibility index (Phi) is 5.18. The topological polar surface area (TPSA) is 69.4 Å². The molecule has 0 aromatic heterocycles. The van der Waals surface area contributed by atoms with Crippen molar-refractivity contribution in [3.63, 3.8) is 0 Å². The molecule has 2 rings (SSSR count). The molecule has 0 saturated heterocycles. The normalized spacial score (nSPS) is 11.8. The van der Waals surface area contributed by atoms with Crippen LogP contribution in [0, 0.1) is 17.5 Å². The van der Waals surface area contributed by atoms with Crippen LogP contribution < -0.4 is 10.5 Å². The standard InChI is InChI=1S/C16H14F3NO3S/c1-23-16-3-2-10(6-15(16)20)9-24(21,22)5-4-11-7-13(18)14(19)8-12(11)17/h2-8H,9,20H2,1H3/b5-4+. The highest BCUT2D eigenvalue weighted by Crippen LogP contribution is 2.23. The Morgan fingerprint density at radius 3 is 2.38 bits per heavy atom. The van der Waals surface area contributed by atoms with E-state index in [9.17, 15) is 21.6 Å². The van der Waals surface area contributed by atoms with Crippen LogP contribution in [0.3, 0.4) is 0 Å². The van der Waals surface area contributed by atoms with Crippen molar-refractivity contribution in [3.05, 3.63) is 64.3 Å². The van der Waals surface area contributed by atoms with Crippen LogP contribution in [0.5, 0.6) is 5.75 Å². The summed E-state index contributed by atoms with van der Waals surface area (Å²) in [7, 11) is -2.34. The molecule has 2 aromatic rings. The van der Waals surface area contributed by atoms with Crippen LogP contribution in [0.1, 0.15) is 11.1 Å². The summed E-state index contributed by atoms with van der Waals surface area (Å²) in [6.07, 6.45) is 0.875. The highest BCUT2D eigenvalue weighted by Gasteiger charge is 2.12. The molecule has 0 fully saturated rings. The number of nitrogens with two attached hydrogens (primary N) is 1. The zero-order valence-electron chi connectivity index (χ0n) is 12.6. The summed E-state index contributed by atoms with van der Waals surface area (Å²) in [6.45, 7) is 0. The van der Waals surface area contributed by atoms with Crippen molar-refractivity contribution < 1.29 is 26.3 Å². The lowest BCUT2D eigenvalue weighted by atomic mass is 10.2. The van der Waals surface area contributed by atoms with Gasteiger partial charge in [0.25, 0.3) is 0 Å². The number of hydrogen-bond acceptors (Lipinski definition) is 4. The number of rotatable bonds is 5. The van der Waals surface area contributed by atoms with Crippen molar-refractivity contribution in [3.8, 4) is 5.75 Å². The van der Waals surface area contributed by atoms with E-state index in [-0.39, 0.29) is 17.0 Å². The lowest BCUT2D eigenvalue weighted by molar-refractivity contribution is 0.417. The van der Waals surface area contributed by atoms with Crippen LogP contribution in [-0.4, -0.2) is 15.5 Å². The lowest BCUT2D eigenvalue weighted by Crippen LogP contribution is -2.02. The largest absolute Gasteiger partial charge is 0.495 e. The summed E-state index contributed by atoms with van der Waals surface area (Å²) in [6, 6.07) is 5.44. The van der Waals surface area contributed by atoms with Crippen LogP contribution in [-0.2, 0) is 15.6 Å². The Labute approximate surface area is 137 Å². The molecule has 0 atom stereocenters. The highest BCUT2D eigenvalue weighted by molar-refractivity contribution is 7.93. The van der Waals surface area contributed by atoms with Gasteiger partial charge in [0, 0.05) is 17.0 Å². The zero-order chi connectivity index (χ0) is 17.9. The van der Waals surface area contributed by atoms with Gasteiger partial charge in [-0.15, -0.1) is 0 Å². The number of ether oxygens (including phenoxy) is 1. The van der Waals surface area contributed by atoms with E-state index in [0.29, 0.717) is 23.4 Å². The van der Waals surface area contributed by atoms with Gasteiger partial charge in [-0.2, -0.15) is 0 Å². The van der Waals surface area contributed by atoms with Gasteiger partial charge in [-0.1, -0.05) is 6.07 Å². The monoisotopic (exact) mass is 357 g/mol. The van der Waals surface area contributed by atoms with E-state index < -0.39 is 27.3 Å². The van der Waals surface area contributed by atoms with E-state index in [0.717, 1.165) is 11.5 Å². The first-order chi connectivity index (χ1) is 11.2. The second-order valence-corrected chi connectivity index (χ2v) is 6.86. The van der Waals surface area contributed by atoms with Crippen molar-refractivity contribution >= 4 is 21.6 Å². The van der Waals surface area contributed by atoms with Gasteiger partial charge in [0.2, 0.25) is 0 Å². The van der Waals surface area contributed by atoms with Gasteiger partial charge in [-0.25, -0.2) is 21.6 Å². The summed E-state index contributed by atoms with van der Waals surface area (Å²) in [5, 5.41) is 0.739. The van der Waals surface area contributed by atoms with Crippen LogP contribution in [0.4, 0.5) is 18.9 Å². The minimum absolute atomic E-state index is 0.279. The first-order valence-corrected chi connectivity index (χ1v) is 8.41. The number of halogens is 3. The summed E-state index contributed by atoms with van der Waals surface area (Å²) >= 11 is 0. The Morgan fingerprint density at radius 1 is 1.08 bits per heavy atom. The summed E-state index contributed by atoms with van der Waals surface area (Å²) < 4.78 is 68.5. The molecule has 0 aliphatic heterocycles. The van der Waals surface area contributed by atoms with Crippen LogP contribution in [0.25, 0.3) is 6.08 Å². The number of hydrogen-bond donors (Lipinski definition) is 1. The molecule has 0 radical (unpaired) electrons. The molecule has 4 nitrogen and oxygen atoms in total. The lowest BCUT2D eigenvalue weighted by Gasteiger charge is -2.06. The molecular formula is C16H14F3NO3S. The molecule has 0 spiro atoms. The second-order valence-electron chi connectivity index (χ2n) is 4.97. The minimum Gasteiger partial charge on any atom is -0.495 e. The quantitative estimate of drug-likeness (QED) is 0.659. The average molecular weight is 357 g/mol. The van der Waals surface area contributed by atoms with E-state index in [1.165, 1.54) is 25.3 Å². The molecule has 2 aromatic carbocycles. The fourth-order valence-corrected chi connectivity index (χ4v) is 3.09. The molecular weight excluding hydrogens is 343 g/mol.